The van der Waals surface area contributed by atoms with Crippen molar-refractivity contribution in [1.29, 1.82) is 5.41 Å². The Morgan fingerprint density at radius 1 is 1.50 bits per heavy atom. The van der Waals surface area contributed by atoms with Crippen molar-refractivity contribution in [2.24, 2.45) is 0 Å². The van der Waals surface area contributed by atoms with Crippen LogP contribution in [0.25, 0.3) is 0 Å². The fourth-order valence-corrected chi connectivity index (χ4v) is 1.44. The van der Waals surface area contributed by atoms with Crippen molar-refractivity contribution >= 4 is 27.5 Å². The van der Waals surface area contributed by atoms with Crippen LogP contribution in [0.2, 0.25) is 0 Å². The molecule has 2 aromatic rings. The summed E-state index contributed by atoms with van der Waals surface area (Å²) in [6, 6.07) is 4.33. The highest BCUT2D eigenvalue weighted by Gasteiger charge is 2.07. The van der Waals surface area contributed by atoms with E-state index in [2.05, 4.69) is 36.2 Å². The largest absolute Gasteiger partial charge is 0.339 e. The minimum atomic E-state index is -0.361. The van der Waals surface area contributed by atoms with E-state index in [1.807, 2.05) is 0 Å². The molecule has 16 heavy (non-hydrogen) atoms. The van der Waals surface area contributed by atoms with Crippen molar-refractivity contribution < 1.29 is 9.02 Å². The summed E-state index contributed by atoms with van der Waals surface area (Å²) in [5.74, 6) is -0.333. The van der Waals surface area contributed by atoms with Gasteiger partial charge in [0, 0.05) is 5.69 Å². The SMILES string of the molecule is N=C(Nc1ccc(F)c(Br)c1)c1cnon1. The van der Waals surface area contributed by atoms with Crippen molar-refractivity contribution in [3.63, 3.8) is 0 Å². The van der Waals surface area contributed by atoms with Crippen LogP contribution >= 0.6 is 15.9 Å². The smallest absolute Gasteiger partial charge is 0.169 e. The molecule has 0 saturated carbocycles. The van der Waals surface area contributed by atoms with Gasteiger partial charge in [0.1, 0.15) is 12.0 Å². The third kappa shape index (κ3) is 2.25. The third-order valence-corrected chi connectivity index (χ3v) is 2.41. The molecule has 0 amide bonds. The first kappa shape index (κ1) is 10.7. The van der Waals surface area contributed by atoms with E-state index in [0.29, 0.717) is 10.2 Å². The van der Waals surface area contributed by atoms with Crippen molar-refractivity contribution in [2.45, 2.75) is 0 Å². The van der Waals surface area contributed by atoms with E-state index in [-0.39, 0.29) is 17.3 Å². The second kappa shape index (κ2) is 4.40. The Hall–Kier alpha value is -1.76. The molecule has 0 fully saturated rings. The van der Waals surface area contributed by atoms with E-state index in [4.69, 9.17) is 5.41 Å². The number of nitrogens with one attached hydrogen (secondary N) is 2. The lowest BCUT2D eigenvalue weighted by Gasteiger charge is -2.05. The average molecular weight is 285 g/mol. The first-order valence-electron chi connectivity index (χ1n) is 4.25. The van der Waals surface area contributed by atoms with Gasteiger partial charge in [-0.3, -0.25) is 5.41 Å². The van der Waals surface area contributed by atoms with Gasteiger partial charge in [0.15, 0.2) is 11.5 Å². The predicted molar refractivity (Wildman–Crippen MR) is 58.8 cm³/mol. The number of nitrogens with zero attached hydrogens (tertiary/aromatic N) is 2. The van der Waals surface area contributed by atoms with Gasteiger partial charge in [-0.25, -0.2) is 9.02 Å². The number of halogens is 2. The van der Waals surface area contributed by atoms with Gasteiger partial charge in [0.05, 0.1) is 4.47 Å². The Morgan fingerprint density at radius 3 is 2.94 bits per heavy atom. The second-order valence-corrected chi connectivity index (χ2v) is 3.78. The molecule has 0 bridgehead atoms. The summed E-state index contributed by atoms with van der Waals surface area (Å²) in [5, 5.41) is 17.2. The van der Waals surface area contributed by atoms with Gasteiger partial charge in [-0.1, -0.05) is 5.16 Å². The highest BCUT2D eigenvalue weighted by Crippen LogP contribution is 2.20. The molecule has 0 spiro atoms. The third-order valence-electron chi connectivity index (χ3n) is 1.81. The molecular weight excluding hydrogens is 279 g/mol. The molecule has 1 aromatic heterocycles. The molecule has 1 aromatic carbocycles. The maximum absolute atomic E-state index is 12.9. The number of anilines is 1. The average Bonchev–Trinajstić information content (AvgIpc) is 2.77. The quantitative estimate of drug-likeness (QED) is 0.656. The van der Waals surface area contributed by atoms with E-state index in [0.717, 1.165) is 0 Å². The monoisotopic (exact) mass is 284 g/mol. The molecule has 0 aliphatic heterocycles. The normalized spacial score (nSPS) is 10.1. The Balaban J connectivity index is 2.15. The Kier molecular flexibility index (Phi) is 2.95. The van der Waals surface area contributed by atoms with E-state index < -0.39 is 0 Å². The number of aromatic nitrogens is 2. The standard InChI is InChI=1S/C9H6BrFN4O/c10-6-3-5(1-2-7(6)11)14-9(12)8-4-13-16-15-8/h1-4H,(H2,12,14). The summed E-state index contributed by atoms with van der Waals surface area (Å²) >= 11 is 3.05. The van der Waals surface area contributed by atoms with Gasteiger partial charge in [0.2, 0.25) is 0 Å². The Labute approximate surface area is 98.3 Å². The zero-order chi connectivity index (χ0) is 11.5. The van der Waals surface area contributed by atoms with Gasteiger partial charge < -0.3 is 5.32 Å². The van der Waals surface area contributed by atoms with Crippen LogP contribution in [-0.2, 0) is 0 Å². The van der Waals surface area contributed by atoms with Gasteiger partial charge in [0.25, 0.3) is 0 Å². The van der Waals surface area contributed by atoms with Gasteiger partial charge in [-0.15, -0.1) is 0 Å². The summed E-state index contributed by atoms with van der Waals surface area (Å²) in [4.78, 5) is 0. The van der Waals surface area contributed by atoms with E-state index in [9.17, 15) is 4.39 Å². The molecule has 0 radical (unpaired) electrons. The molecule has 2 N–H and O–H groups in total. The maximum Gasteiger partial charge on any atom is 0.169 e. The maximum atomic E-state index is 12.9. The van der Waals surface area contributed by atoms with Crippen LogP contribution in [0.15, 0.2) is 33.5 Å². The van der Waals surface area contributed by atoms with Crippen LogP contribution in [0.5, 0.6) is 0 Å². The van der Waals surface area contributed by atoms with Crippen molar-refractivity contribution in [3.05, 3.63) is 40.4 Å². The fraction of sp³-hybridized carbons (Fsp3) is 0. The number of hydrogen-bond donors (Lipinski definition) is 2. The molecule has 5 nitrogen and oxygen atoms in total. The van der Waals surface area contributed by atoms with Gasteiger partial charge >= 0.3 is 0 Å². The van der Waals surface area contributed by atoms with Crippen LogP contribution < -0.4 is 5.32 Å². The van der Waals surface area contributed by atoms with E-state index >= 15 is 0 Å². The van der Waals surface area contributed by atoms with Crippen LogP contribution in [0.4, 0.5) is 10.1 Å². The fourth-order valence-electron chi connectivity index (χ4n) is 1.06. The zero-order valence-corrected chi connectivity index (χ0v) is 9.45. The molecule has 0 aliphatic rings. The molecule has 0 saturated heterocycles. The molecule has 0 unspecified atom stereocenters. The minimum Gasteiger partial charge on any atom is -0.339 e. The van der Waals surface area contributed by atoms with Crippen LogP contribution in [0.1, 0.15) is 5.69 Å². The van der Waals surface area contributed by atoms with Crippen LogP contribution in [0.3, 0.4) is 0 Å². The molecule has 2 rings (SSSR count). The Morgan fingerprint density at radius 2 is 2.31 bits per heavy atom. The lowest BCUT2D eigenvalue weighted by molar-refractivity contribution is 0.306. The zero-order valence-electron chi connectivity index (χ0n) is 7.87. The topological polar surface area (TPSA) is 74.8 Å². The number of amidine groups is 1. The summed E-state index contributed by atoms with van der Waals surface area (Å²) in [6.45, 7) is 0. The summed E-state index contributed by atoms with van der Waals surface area (Å²) in [5.41, 5.74) is 0.849. The molecule has 7 heteroatoms. The first-order valence-corrected chi connectivity index (χ1v) is 5.04. The minimum absolute atomic E-state index is 0.0276. The van der Waals surface area contributed by atoms with Crippen molar-refractivity contribution in [2.75, 3.05) is 5.32 Å². The summed E-state index contributed by atoms with van der Waals surface area (Å²) in [6.07, 6.45) is 1.31. The predicted octanol–water partition coefficient (Wildman–Crippen LogP) is 2.41. The number of rotatable bonds is 2. The summed E-state index contributed by atoms with van der Waals surface area (Å²) < 4.78 is 17.6. The highest BCUT2D eigenvalue weighted by molar-refractivity contribution is 9.10. The molecule has 82 valence electrons. The van der Waals surface area contributed by atoms with Crippen molar-refractivity contribution in [3.8, 4) is 0 Å². The Bertz CT molecular complexity index is 514. The lowest BCUT2D eigenvalue weighted by atomic mass is 10.3. The second-order valence-electron chi connectivity index (χ2n) is 2.92. The van der Waals surface area contributed by atoms with Gasteiger partial charge in [-0.2, -0.15) is 0 Å². The molecule has 0 aliphatic carbocycles. The first-order chi connectivity index (χ1) is 7.66. The van der Waals surface area contributed by atoms with E-state index in [1.54, 1.807) is 0 Å². The molecule has 1 heterocycles. The lowest BCUT2D eigenvalue weighted by Crippen LogP contribution is -2.12. The van der Waals surface area contributed by atoms with Gasteiger partial charge in [-0.05, 0) is 39.3 Å². The highest BCUT2D eigenvalue weighted by atomic mass is 79.9. The molecule has 0 atom stereocenters. The van der Waals surface area contributed by atoms with E-state index in [1.165, 1.54) is 24.4 Å². The molecular formula is C9H6BrFN4O. The number of hydrogen-bond acceptors (Lipinski definition) is 4. The number of benzene rings is 1. The van der Waals surface area contributed by atoms with Crippen LogP contribution in [0, 0.1) is 11.2 Å². The van der Waals surface area contributed by atoms with Crippen molar-refractivity contribution in [1.82, 2.24) is 10.3 Å². The van der Waals surface area contributed by atoms with Crippen LogP contribution in [-0.4, -0.2) is 16.1 Å². The summed E-state index contributed by atoms with van der Waals surface area (Å²) in [7, 11) is 0.